The van der Waals surface area contributed by atoms with Gasteiger partial charge in [0.05, 0.1) is 0 Å². The van der Waals surface area contributed by atoms with Gasteiger partial charge in [-0.25, -0.2) is 4.31 Å². The molecule has 0 bridgehead atoms. The number of thiocarbonyl (C=S) groups is 1. The SMILES string of the molecule is CCN(CC)SC=S.[Ag]. The minimum absolute atomic E-state index is 0. The van der Waals surface area contributed by atoms with E-state index in [1.165, 1.54) is 0 Å². The molecule has 0 atom stereocenters. The predicted octanol–water partition coefficient (Wildman–Crippen LogP) is 1.93. The molecule has 0 unspecified atom stereocenters. The van der Waals surface area contributed by atoms with Crippen molar-refractivity contribution in [3.05, 3.63) is 0 Å². The van der Waals surface area contributed by atoms with Crippen LogP contribution in [0.1, 0.15) is 13.8 Å². The van der Waals surface area contributed by atoms with Crippen LogP contribution in [0.4, 0.5) is 0 Å². The Balaban J connectivity index is 0. The standard InChI is InChI=1S/C5H11NS2.Ag/c1-3-6(4-2)8-5-7;/h5H,3-4H2,1-2H3;. The molecular formula is C5H11AgNS2. The molecule has 1 radical (unpaired) electrons. The van der Waals surface area contributed by atoms with Crippen molar-refractivity contribution in [2.75, 3.05) is 13.1 Å². The first-order valence-corrected chi connectivity index (χ1v) is 4.01. The summed E-state index contributed by atoms with van der Waals surface area (Å²) in [4.78, 5) is 0. The molecule has 0 aliphatic heterocycles. The van der Waals surface area contributed by atoms with Crippen molar-refractivity contribution in [1.82, 2.24) is 4.31 Å². The van der Waals surface area contributed by atoms with E-state index in [0.717, 1.165) is 13.1 Å². The summed E-state index contributed by atoms with van der Waals surface area (Å²) in [6.07, 6.45) is 0. The van der Waals surface area contributed by atoms with Crippen molar-refractivity contribution in [1.29, 1.82) is 0 Å². The fraction of sp³-hybridized carbons (Fsp3) is 0.800. The van der Waals surface area contributed by atoms with Gasteiger partial charge in [0.2, 0.25) is 0 Å². The topological polar surface area (TPSA) is 3.24 Å². The van der Waals surface area contributed by atoms with Crippen molar-refractivity contribution in [3.8, 4) is 0 Å². The summed E-state index contributed by atoms with van der Waals surface area (Å²) in [6, 6.07) is 0. The summed E-state index contributed by atoms with van der Waals surface area (Å²) >= 11 is 6.26. The van der Waals surface area contributed by atoms with Crippen molar-refractivity contribution >= 4 is 28.9 Å². The van der Waals surface area contributed by atoms with E-state index >= 15 is 0 Å². The Morgan fingerprint density at radius 2 is 1.89 bits per heavy atom. The molecule has 59 valence electrons. The largest absolute Gasteiger partial charge is 0.247 e. The zero-order valence-electron chi connectivity index (χ0n) is 5.56. The minimum Gasteiger partial charge on any atom is -0.247 e. The van der Waals surface area contributed by atoms with Crippen LogP contribution in [0.25, 0.3) is 0 Å². The van der Waals surface area contributed by atoms with Crippen LogP contribution in [0.2, 0.25) is 0 Å². The first-order valence-electron chi connectivity index (χ1n) is 2.70. The van der Waals surface area contributed by atoms with Crippen LogP contribution in [0.15, 0.2) is 0 Å². The van der Waals surface area contributed by atoms with Gasteiger partial charge in [-0.2, -0.15) is 0 Å². The van der Waals surface area contributed by atoms with Gasteiger partial charge in [-0.05, 0) is 11.9 Å². The Kier molecular flexibility index (Phi) is 13.0. The summed E-state index contributed by atoms with van der Waals surface area (Å²) in [7, 11) is 0. The molecule has 0 aromatic heterocycles. The molecule has 0 rings (SSSR count). The molecular weight excluding hydrogens is 246 g/mol. The van der Waals surface area contributed by atoms with Crippen LogP contribution >= 0.6 is 24.2 Å². The summed E-state index contributed by atoms with van der Waals surface area (Å²) in [6.45, 7) is 6.37. The predicted molar refractivity (Wildman–Crippen MR) is 44.2 cm³/mol. The average Bonchev–Trinajstić information content (AvgIpc) is 1.83. The summed E-state index contributed by atoms with van der Waals surface area (Å²) in [5.74, 6) is 0. The molecule has 4 heteroatoms. The number of nitrogens with zero attached hydrogens (tertiary/aromatic N) is 1. The van der Waals surface area contributed by atoms with Crippen molar-refractivity contribution in [2.24, 2.45) is 0 Å². The van der Waals surface area contributed by atoms with E-state index < -0.39 is 0 Å². The van der Waals surface area contributed by atoms with E-state index in [4.69, 9.17) is 0 Å². The fourth-order valence-corrected chi connectivity index (χ4v) is 1.22. The second-order valence-electron chi connectivity index (χ2n) is 1.32. The van der Waals surface area contributed by atoms with E-state index in [9.17, 15) is 0 Å². The third kappa shape index (κ3) is 7.03. The fourth-order valence-electron chi connectivity index (χ4n) is 0.434. The third-order valence-corrected chi connectivity index (χ3v) is 2.06. The Hall–Kier alpha value is 1.14. The summed E-state index contributed by atoms with van der Waals surface area (Å²) in [5.41, 5.74) is 0. The van der Waals surface area contributed by atoms with Gasteiger partial charge < -0.3 is 0 Å². The van der Waals surface area contributed by atoms with E-state index in [1.54, 1.807) is 16.6 Å². The van der Waals surface area contributed by atoms with Crippen LogP contribution in [-0.4, -0.2) is 22.1 Å². The minimum atomic E-state index is 0. The Bertz CT molecular complexity index is 66.0. The molecule has 0 aromatic carbocycles. The van der Waals surface area contributed by atoms with Gasteiger partial charge in [-0.1, -0.05) is 26.1 Å². The summed E-state index contributed by atoms with van der Waals surface area (Å²) in [5, 5.41) is 0. The van der Waals surface area contributed by atoms with Gasteiger partial charge in [0, 0.05) is 40.2 Å². The molecule has 0 N–H and O–H groups in total. The molecule has 0 amide bonds. The van der Waals surface area contributed by atoms with Gasteiger partial charge >= 0.3 is 0 Å². The number of rotatable bonds is 4. The van der Waals surface area contributed by atoms with E-state index in [2.05, 4.69) is 30.4 Å². The van der Waals surface area contributed by atoms with Gasteiger partial charge in [0.15, 0.2) is 0 Å². The van der Waals surface area contributed by atoms with Crippen molar-refractivity contribution in [2.45, 2.75) is 13.8 Å². The molecule has 0 aromatic rings. The third-order valence-electron chi connectivity index (χ3n) is 0.898. The molecule has 0 saturated carbocycles. The normalized spacial score (nSPS) is 8.78. The smallest absolute Gasteiger partial charge is 0.0499 e. The van der Waals surface area contributed by atoms with E-state index in [-0.39, 0.29) is 22.4 Å². The van der Waals surface area contributed by atoms with Crippen LogP contribution in [0, 0.1) is 0 Å². The maximum atomic E-state index is 4.66. The maximum Gasteiger partial charge on any atom is 0.0499 e. The molecule has 0 saturated heterocycles. The molecule has 1 nitrogen and oxygen atoms in total. The first kappa shape index (κ1) is 12.8. The number of hydrogen-bond donors (Lipinski definition) is 0. The summed E-state index contributed by atoms with van der Waals surface area (Å²) < 4.78 is 3.88. The van der Waals surface area contributed by atoms with Crippen LogP contribution in [-0.2, 0) is 22.4 Å². The molecule has 0 heterocycles. The van der Waals surface area contributed by atoms with E-state index in [0.29, 0.717) is 0 Å². The second kappa shape index (κ2) is 9.14. The maximum absolute atomic E-state index is 4.66. The van der Waals surface area contributed by atoms with Gasteiger partial charge in [-0.15, -0.1) is 0 Å². The number of hydrogen-bond acceptors (Lipinski definition) is 3. The molecule has 9 heavy (non-hydrogen) atoms. The van der Waals surface area contributed by atoms with E-state index in [1.807, 2.05) is 0 Å². The zero-order valence-corrected chi connectivity index (χ0v) is 8.67. The molecule has 0 fully saturated rings. The van der Waals surface area contributed by atoms with Crippen LogP contribution in [0.3, 0.4) is 0 Å². The van der Waals surface area contributed by atoms with Crippen molar-refractivity contribution in [3.63, 3.8) is 0 Å². The molecule has 0 spiro atoms. The second-order valence-corrected chi connectivity index (χ2v) is 2.81. The molecule has 0 aliphatic rings. The van der Waals surface area contributed by atoms with Crippen molar-refractivity contribution < 1.29 is 22.4 Å². The molecule has 0 aliphatic carbocycles. The first-order chi connectivity index (χ1) is 3.85. The Morgan fingerprint density at radius 3 is 2.00 bits per heavy atom. The van der Waals surface area contributed by atoms with Gasteiger partial charge in [0.1, 0.15) is 0 Å². The van der Waals surface area contributed by atoms with Crippen LogP contribution < -0.4 is 0 Å². The van der Waals surface area contributed by atoms with Gasteiger partial charge in [-0.3, -0.25) is 0 Å². The monoisotopic (exact) mass is 256 g/mol. The Labute approximate surface area is 82.2 Å². The Morgan fingerprint density at radius 1 is 1.44 bits per heavy atom. The average molecular weight is 257 g/mol. The van der Waals surface area contributed by atoms with Crippen LogP contribution in [0.5, 0.6) is 0 Å². The zero-order chi connectivity index (χ0) is 6.41. The quantitative estimate of drug-likeness (QED) is 0.430. The van der Waals surface area contributed by atoms with Gasteiger partial charge in [0.25, 0.3) is 0 Å².